The number of thiocarbonyl (C=S) groups is 1. The van der Waals surface area contributed by atoms with Crippen molar-refractivity contribution in [3.05, 3.63) is 66.2 Å². The molecule has 3 aliphatic rings. The van der Waals surface area contributed by atoms with E-state index in [1.807, 2.05) is 54.3 Å². The fraction of sp³-hybridized carbons (Fsp3) is 0.304. The summed E-state index contributed by atoms with van der Waals surface area (Å²) in [5, 5.41) is 3.86. The Balaban J connectivity index is 1.54. The molecule has 0 radical (unpaired) electrons. The molecule has 0 aromatic heterocycles. The van der Waals surface area contributed by atoms with E-state index in [4.69, 9.17) is 31.2 Å². The van der Waals surface area contributed by atoms with Gasteiger partial charge in [-0.2, -0.15) is 0 Å². The van der Waals surface area contributed by atoms with Gasteiger partial charge in [-0.25, -0.2) is 0 Å². The van der Waals surface area contributed by atoms with Crippen molar-refractivity contribution in [2.75, 3.05) is 13.4 Å². The Hall–Kier alpha value is -3.26. The molecule has 5 rings (SSSR count). The van der Waals surface area contributed by atoms with E-state index in [1.165, 1.54) is 0 Å². The number of fused-ring (bicyclic) bond motifs is 5. The van der Waals surface area contributed by atoms with Gasteiger partial charge in [0.1, 0.15) is 18.3 Å². The Labute approximate surface area is 185 Å². The standard InChI is InChI=1S/C23H22N2O5S/c1-3-10-27-21(26)19-20-15-6-4-5-7-16(15)30-23(19,2)25(22(31)24-20)12-14-8-9-17-18(11-14)29-13-28-17/h3-9,11,19-20H,1,10,12-13H2,2H3,(H,24,31). The van der Waals surface area contributed by atoms with Crippen LogP contribution in [0.4, 0.5) is 0 Å². The van der Waals surface area contributed by atoms with E-state index >= 15 is 0 Å². The average molecular weight is 439 g/mol. The number of carbonyl (C=O) groups excluding carboxylic acids is 1. The molecule has 31 heavy (non-hydrogen) atoms. The highest BCUT2D eigenvalue weighted by Gasteiger charge is 2.59. The maximum absolute atomic E-state index is 13.1. The molecule has 0 aliphatic carbocycles. The molecule has 1 saturated heterocycles. The minimum absolute atomic E-state index is 0.131. The Bertz CT molecular complexity index is 1070. The van der Waals surface area contributed by atoms with E-state index in [0.29, 0.717) is 28.9 Å². The van der Waals surface area contributed by atoms with Crippen molar-refractivity contribution in [2.45, 2.75) is 25.2 Å². The molecule has 8 heteroatoms. The van der Waals surface area contributed by atoms with Crippen LogP contribution in [-0.2, 0) is 16.1 Å². The molecule has 1 fully saturated rings. The van der Waals surface area contributed by atoms with Crippen LogP contribution in [0.2, 0.25) is 0 Å². The Morgan fingerprint density at radius 1 is 1.29 bits per heavy atom. The molecule has 160 valence electrons. The molecule has 0 amide bonds. The number of esters is 1. The lowest BCUT2D eigenvalue weighted by Crippen LogP contribution is -2.70. The van der Waals surface area contributed by atoms with E-state index in [1.54, 1.807) is 6.08 Å². The molecule has 3 atom stereocenters. The summed E-state index contributed by atoms with van der Waals surface area (Å²) in [4.78, 5) is 15.0. The molecule has 3 unspecified atom stereocenters. The molecule has 1 N–H and O–H groups in total. The van der Waals surface area contributed by atoms with Crippen molar-refractivity contribution in [3.8, 4) is 17.2 Å². The number of nitrogens with zero attached hydrogens (tertiary/aromatic N) is 1. The van der Waals surface area contributed by atoms with Crippen LogP contribution in [0.5, 0.6) is 17.2 Å². The zero-order chi connectivity index (χ0) is 21.6. The van der Waals surface area contributed by atoms with Gasteiger partial charge in [-0.05, 0) is 42.9 Å². The summed E-state index contributed by atoms with van der Waals surface area (Å²) in [5.74, 6) is 1.11. The first kappa shape index (κ1) is 19.7. The van der Waals surface area contributed by atoms with E-state index in [0.717, 1.165) is 11.1 Å². The van der Waals surface area contributed by atoms with Crippen LogP contribution in [0, 0.1) is 5.92 Å². The van der Waals surface area contributed by atoms with Crippen LogP contribution in [0.1, 0.15) is 24.1 Å². The third kappa shape index (κ3) is 3.18. The number of nitrogens with one attached hydrogen (secondary N) is 1. The molecular weight excluding hydrogens is 416 g/mol. The van der Waals surface area contributed by atoms with Crippen molar-refractivity contribution in [1.29, 1.82) is 0 Å². The van der Waals surface area contributed by atoms with Gasteiger partial charge in [-0.15, -0.1) is 0 Å². The second-order valence-electron chi connectivity index (χ2n) is 7.79. The highest BCUT2D eigenvalue weighted by molar-refractivity contribution is 7.80. The minimum atomic E-state index is -1.05. The van der Waals surface area contributed by atoms with Gasteiger partial charge in [0.15, 0.2) is 22.3 Å². The highest BCUT2D eigenvalue weighted by Crippen LogP contribution is 2.49. The summed E-state index contributed by atoms with van der Waals surface area (Å²) in [6, 6.07) is 13.1. The smallest absolute Gasteiger partial charge is 0.317 e. The summed E-state index contributed by atoms with van der Waals surface area (Å²) in [6.07, 6.45) is 1.55. The summed E-state index contributed by atoms with van der Waals surface area (Å²) >= 11 is 5.72. The van der Waals surface area contributed by atoms with Crippen molar-refractivity contribution in [1.82, 2.24) is 10.2 Å². The average Bonchev–Trinajstić information content (AvgIpc) is 3.22. The van der Waals surface area contributed by atoms with E-state index < -0.39 is 11.6 Å². The first-order chi connectivity index (χ1) is 15.0. The number of rotatable bonds is 5. The zero-order valence-electron chi connectivity index (χ0n) is 17.0. The fourth-order valence-electron chi connectivity index (χ4n) is 4.44. The summed E-state index contributed by atoms with van der Waals surface area (Å²) in [6.45, 7) is 6.28. The number of ether oxygens (including phenoxy) is 4. The van der Waals surface area contributed by atoms with Gasteiger partial charge in [0.2, 0.25) is 6.79 Å². The van der Waals surface area contributed by atoms with Crippen LogP contribution in [0.15, 0.2) is 55.1 Å². The summed E-state index contributed by atoms with van der Waals surface area (Å²) in [7, 11) is 0. The number of para-hydroxylation sites is 1. The van der Waals surface area contributed by atoms with Gasteiger partial charge in [0.05, 0.1) is 6.04 Å². The van der Waals surface area contributed by atoms with E-state index in [2.05, 4.69) is 11.9 Å². The van der Waals surface area contributed by atoms with Crippen molar-refractivity contribution in [2.24, 2.45) is 5.92 Å². The van der Waals surface area contributed by atoms with E-state index in [-0.39, 0.29) is 25.4 Å². The molecule has 3 heterocycles. The predicted molar refractivity (Wildman–Crippen MR) is 117 cm³/mol. The number of carbonyl (C=O) groups is 1. The highest BCUT2D eigenvalue weighted by atomic mass is 32.1. The largest absolute Gasteiger partial charge is 0.467 e. The maximum Gasteiger partial charge on any atom is 0.317 e. The van der Waals surface area contributed by atoms with Crippen LogP contribution >= 0.6 is 12.2 Å². The van der Waals surface area contributed by atoms with Crippen LogP contribution in [0.3, 0.4) is 0 Å². The third-order valence-corrected chi connectivity index (χ3v) is 6.25. The minimum Gasteiger partial charge on any atom is -0.467 e. The van der Waals surface area contributed by atoms with Crippen LogP contribution < -0.4 is 19.5 Å². The van der Waals surface area contributed by atoms with Gasteiger partial charge in [-0.3, -0.25) is 4.79 Å². The molecule has 2 aromatic carbocycles. The number of hydrogen-bond acceptors (Lipinski definition) is 6. The molecular formula is C23H22N2O5S. The van der Waals surface area contributed by atoms with Gasteiger partial charge in [0.25, 0.3) is 0 Å². The monoisotopic (exact) mass is 438 g/mol. The normalized spacial score (nSPS) is 25.2. The van der Waals surface area contributed by atoms with Crippen LogP contribution in [0.25, 0.3) is 0 Å². The molecule has 7 nitrogen and oxygen atoms in total. The fourth-order valence-corrected chi connectivity index (χ4v) is 4.81. The SMILES string of the molecule is C=CCOC(=O)C1C2NC(=S)N(Cc3ccc4c(c3)OCO4)C1(C)Oc1ccccc12. The lowest BCUT2D eigenvalue weighted by Gasteiger charge is -2.55. The zero-order valence-corrected chi connectivity index (χ0v) is 17.8. The first-order valence-electron chi connectivity index (χ1n) is 10.0. The van der Waals surface area contributed by atoms with Crippen molar-refractivity contribution < 1.29 is 23.7 Å². The second kappa shape index (κ2) is 7.46. The quantitative estimate of drug-likeness (QED) is 0.433. The van der Waals surface area contributed by atoms with Crippen molar-refractivity contribution >= 4 is 23.3 Å². The molecule has 2 aromatic rings. The lowest BCUT2D eigenvalue weighted by atomic mass is 9.79. The van der Waals surface area contributed by atoms with Crippen molar-refractivity contribution in [3.63, 3.8) is 0 Å². The molecule has 0 spiro atoms. The van der Waals surface area contributed by atoms with Gasteiger partial charge < -0.3 is 29.2 Å². The summed E-state index contributed by atoms with van der Waals surface area (Å²) in [5.41, 5.74) is 0.787. The summed E-state index contributed by atoms with van der Waals surface area (Å²) < 4.78 is 22.8. The third-order valence-electron chi connectivity index (χ3n) is 5.92. The van der Waals surface area contributed by atoms with Gasteiger partial charge in [0, 0.05) is 12.1 Å². The molecule has 0 saturated carbocycles. The van der Waals surface area contributed by atoms with Gasteiger partial charge >= 0.3 is 5.97 Å². The molecule has 2 bridgehead atoms. The molecule has 3 aliphatic heterocycles. The van der Waals surface area contributed by atoms with Crippen LogP contribution in [-0.4, -0.2) is 35.1 Å². The predicted octanol–water partition coefficient (Wildman–Crippen LogP) is 3.30. The topological polar surface area (TPSA) is 69.3 Å². The van der Waals surface area contributed by atoms with Gasteiger partial charge in [-0.1, -0.05) is 36.9 Å². The Kier molecular flexibility index (Phi) is 4.74. The number of benzene rings is 2. The maximum atomic E-state index is 13.1. The van der Waals surface area contributed by atoms with E-state index in [9.17, 15) is 4.79 Å². The second-order valence-corrected chi connectivity index (χ2v) is 8.18. The Morgan fingerprint density at radius 2 is 2.10 bits per heavy atom. The lowest BCUT2D eigenvalue weighted by molar-refractivity contribution is -0.175. The Morgan fingerprint density at radius 3 is 2.94 bits per heavy atom. The first-order valence-corrected chi connectivity index (χ1v) is 10.4. The number of hydrogen-bond donors (Lipinski definition) is 1.